The van der Waals surface area contributed by atoms with Crippen LogP contribution < -0.4 is 10.6 Å². The minimum atomic E-state index is -0.348. The maximum Gasteiger partial charge on any atom is 0.254 e. The lowest BCUT2D eigenvalue weighted by Crippen LogP contribution is -2.26. The molecule has 2 N–H and O–H groups in total. The molecular formula is C20H24N4O3. The van der Waals surface area contributed by atoms with Crippen LogP contribution in [0.2, 0.25) is 0 Å². The van der Waals surface area contributed by atoms with Crippen molar-refractivity contribution >= 4 is 23.3 Å². The van der Waals surface area contributed by atoms with Gasteiger partial charge in [-0.05, 0) is 42.7 Å². The number of ether oxygens (including phenoxy) is 1. The van der Waals surface area contributed by atoms with E-state index in [1.807, 2.05) is 24.3 Å². The van der Waals surface area contributed by atoms with Crippen LogP contribution in [0.5, 0.6) is 0 Å². The van der Waals surface area contributed by atoms with Crippen molar-refractivity contribution in [3.8, 4) is 0 Å². The van der Waals surface area contributed by atoms with Gasteiger partial charge in [0.05, 0.1) is 5.56 Å². The Morgan fingerprint density at radius 3 is 2.78 bits per heavy atom. The highest BCUT2D eigenvalue weighted by Gasteiger charge is 2.23. The molecule has 3 rings (SSSR count). The summed E-state index contributed by atoms with van der Waals surface area (Å²) >= 11 is 0. The van der Waals surface area contributed by atoms with Crippen LogP contribution in [0.25, 0.3) is 0 Å². The van der Waals surface area contributed by atoms with Gasteiger partial charge in [0.15, 0.2) is 0 Å². The molecule has 1 atom stereocenters. The normalized spacial score (nSPS) is 16.0. The van der Waals surface area contributed by atoms with E-state index in [-0.39, 0.29) is 17.9 Å². The van der Waals surface area contributed by atoms with Crippen molar-refractivity contribution in [1.29, 1.82) is 0 Å². The van der Waals surface area contributed by atoms with E-state index in [0.29, 0.717) is 24.5 Å². The fourth-order valence-corrected chi connectivity index (χ4v) is 2.84. The third-order valence-corrected chi connectivity index (χ3v) is 4.31. The van der Waals surface area contributed by atoms with Crippen LogP contribution in [0.4, 0.5) is 11.5 Å². The van der Waals surface area contributed by atoms with Gasteiger partial charge in [0, 0.05) is 39.1 Å². The van der Waals surface area contributed by atoms with Crippen molar-refractivity contribution in [1.82, 2.24) is 9.88 Å². The molecule has 27 heavy (non-hydrogen) atoms. The van der Waals surface area contributed by atoms with Gasteiger partial charge >= 0.3 is 0 Å². The predicted molar refractivity (Wildman–Crippen MR) is 104 cm³/mol. The molecule has 1 fully saturated rings. The number of hydrogen-bond donors (Lipinski definition) is 2. The number of amides is 2. The second-order valence-electron chi connectivity index (χ2n) is 6.68. The van der Waals surface area contributed by atoms with Gasteiger partial charge in [-0.25, -0.2) is 4.98 Å². The third kappa shape index (κ3) is 5.04. The molecule has 0 radical (unpaired) electrons. The minimum Gasteiger partial charge on any atom is -0.368 e. The van der Waals surface area contributed by atoms with Crippen LogP contribution in [0.15, 0.2) is 42.6 Å². The van der Waals surface area contributed by atoms with E-state index in [1.54, 1.807) is 32.4 Å². The standard InChI is InChI=1S/C20H24N4O3/c1-24(2)20(26)15-8-9-18(22-13-15)21-12-14-5-3-6-16(11-14)23-19(25)17-7-4-10-27-17/h3,5-6,8-9,11,13,17H,4,7,10,12H2,1-2H3,(H,21,22)(H,23,25). The molecule has 1 aromatic carbocycles. The first-order chi connectivity index (χ1) is 13.0. The fourth-order valence-electron chi connectivity index (χ4n) is 2.84. The van der Waals surface area contributed by atoms with E-state index in [1.165, 1.54) is 4.90 Å². The minimum absolute atomic E-state index is 0.0799. The summed E-state index contributed by atoms with van der Waals surface area (Å²) in [6.07, 6.45) is 2.90. The van der Waals surface area contributed by atoms with Crippen LogP contribution in [0, 0.1) is 0 Å². The summed E-state index contributed by atoms with van der Waals surface area (Å²) in [5.74, 6) is 0.503. The Bertz CT molecular complexity index is 799. The number of benzene rings is 1. The molecule has 1 aliphatic heterocycles. The van der Waals surface area contributed by atoms with E-state index < -0.39 is 0 Å². The summed E-state index contributed by atoms with van der Waals surface area (Å²) < 4.78 is 5.40. The number of carbonyl (C=O) groups is 2. The van der Waals surface area contributed by atoms with Crippen molar-refractivity contribution in [2.45, 2.75) is 25.5 Å². The number of anilines is 2. The van der Waals surface area contributed by atoms with Crippen LogP contribution in [0.3, 0.4) is 0 Å². The monoisotopic (exact) mass is 368 g/mol. The molecule has 0 spiro atoms. The van der Waals surface area contributed by atoms with Crippen LogP contribution in [-0.4, -0.2) is 48.5 Å². The average Bonchev–Trinajstić information content (AvgIpc) is 3.21. The lowest BCUT2D eigenvalue weighted by molar-refractivity contribution is -0.124. The van der Waals surface area contributed by atoms with Crippen molar-refractivity contribution in [3.05, 3.63) is 53.7 Å². The smallest absolute Gasteiger partial charge is 0.254 e. The first-order valence-corrected chi connectivity index (χ1v) is 8.96. The Labute approximate surface area is 158 Å². The Kier molecular flexibility index (Phi) is 6.03. The summed E-state index contributed by atoms with van der Waals surface area (Å²) in [5.41, 5.74) is 2.30. The number of nitrogens with one attached hydrogen (secondary N) is 2. The topological polar surface area (TPSA) is 83.6 Å². The Morgan fingerprint density at radius 2 is 2.11 bits per heavy atom. The molecule has 7 heteroatoms. The van der Waals surface area contributed by atoms with Gasteiger partial charge in [-0.2, -0.15) is 0 Å². The second-order valence-corrected chi connectivity index (χ2v) is 6.68. The molecule has 2 heterocycles. The zero-order valence-electron chi connectivity index (χ0n) is 15.6. The number of carbonyl (C=O) groups excluding carboxylic acids is 2. The highest BCUT2D eigenvalue weighted by Crippen LogP contribution is 2.17. The number of hydrogen-bond acceptors (Lipinski definition) is 5. The van der Waals surface area contributed by atoms with E-state index in [0.717, 1.165) is 24.1 Å². The molecule has 0 bridgehead atoms. The molecular weight excluding hydrogens is 344 g/mol. The lowest BCUT2D eigenvalue weighted by Gasteiger charge is -2.12. The zero-order valence-corrected chi connectivity index (χ0v) is 15.6. The molecule has 1 aliphatic rings. The van der Waals surface area contributed by atoms with Gasteiger partial charge < -0.3 is 20.3 Å². The quantitative estimate of drug-likeness (QED) is 0.819. The fraction of sp³-hybridized carbons (Fsp3) is 0.350. The highest BCUT2D eigenvalue weighted by molar-refractivity contribution is 5.94. The van der Waals surface area contributed by atoms with Crippen LogP contribution >= 0.6 is 0 Å². The zero-order chi connectivity index (χ0) is 19.2. The summed E-state index contributed by atoms with van der Waals surface area (Å²) in [4.78, 5) is 29.8. The van der Waals surface area contributed by atoms with Crippen molar-refractivity contribution in [3.63, 3.8) is 0 Å². The first kappa shape index (κ1) is 18.8. The second kappa shape index (κ2) is 8.64. The maximum atomic E-state index is 12.1. The third-order valence-electron chi connectivity index (χ3n) is 4.31. The number of pyridine rings is 1. The summed E-state index contributed by atoms with van der Waals surface area (Å²) in [6, 6.07) is 11.2. The molecule has 0 aliphatic carbocycles. The molecule has 1 unspecified atom stereocenters. The van der Waals surface area contributed by atoms with Crippen LogP contribution in [0.1, 0.15) is 28.8 Å². The number of rotatable bonds is 6. The van der Waals surface area contributed by atoms with E-state index >= 15 is 0 Å². The highest BCUT2D eigenvalue weighted by atomic mass is 16.5. The number of aromatic nitrogens is 1. The van der Waals surface area contributed by atoms with Crippen LogP contribution in [-0.2, 0) is 16.1 Å². The number of nitrogens with zero attached hydrogens (tertiary/aromatic N) is 2. The maximum absolute atomic E-state index is 12.1. The van der Waals surface area contributed by atoms with Gasteiger partial charge in [-0.3, -0.25) is 9.59 Å². The molecule has 2 amide bonds. The van der Waals surface area contributed by atoms with E-state index in [9.17, 15) is 9.59 Å². The Balaban J connectivity index is 1.56. The lowest BCUT2D eigenvalue weighted by atomic mass is 10.2. The SMILES string of the molecule is CN(C)C(=O)c1ccc(NCc2cccc(NC(=O)C3CCCO3)c2)nc1. The average molecular weight is 368 g/mol. The first-order valence-electron chi connectivity index (χ1n) is 8.96. The van der Waals surface area contributed by atoms with Gasteiger partial charge in [-0.15, -0.1) is 0 Å². The molecule has 1 saturated heterocycles. The summed E-state index contributed by atoms with van der Waals surface area (Å²) in [7, 11) is 3.41. The van der Waals surface area contributed by atoms with Gasteiger partial charge in [0.25, 0.3) is 11.8 Å². The van der Waals surface area contributed by atoms with Gasteiger partial charge in [0.1, 0.15) is 11.9 Å². The molecule has 0 saturated carbocycles. The summed E-state index contributed by atoms with van der Waals surface area (Å²) in [5, 5.41) is 6.12. The van der Waals surface area contributed by atoms with Crippen molar-refractivity contribution in [2.24, 2.45) is 0 Å². The molecule has 142 valence electrons. The van der Waals surface area contributed by atoms with Crippen molar-refractivity contribution < 1.29 is 14.3 Å². The predicted octanol–water partition coefficient (Wildman–Crippen LogP) is 2.51. The van der Waals surface area contributed by atoms with Gasteiger partial charge in [0.2, 0.25) is 0 Å². The Hall–Kier alpha value is -2.93. The van der Waals surface area contributed by atoms with Crippen molar-refractivity contribution in [2.75, 3.05) is 31.3 Å². The Morgan fingerprint density at radius 1 is 1.26 bits per heavy atom. The summed E-state index contributed by atoms with van der Waals surface area (Å²) in [6.45, 7) is 1.20. The van der Waals surface area contributed by atoms with Gasteiger partial charge in [-0.1, -0.05) is 12.1 Å². The molecule has 2 aromatic rings. The largest absolute Gasteiger partial charge is 0.368 e. The molecule has 7 nitrogen and oxygen atoms in total. The van der Waals surface area contributed by atoms with E-state index in [4.69, 9.17) is 4.74 Å². The van der Waals surface area contributed by atoms with E-state index in [2.05, 4.69) is 15.6 Å². The molecule has 1 aromatic heterocycles.